The molecule has 1 saturated heterocycles. The lowest BCUT2D eigenvalue weighted by Crippen LogP contribution is -2.20. The largest absolute Gasteiger partial charge is 0.391 e. The minimum absolute atomic E-state index is 0.211. The molecule has 0 amide bonds. The number of nitrogens with zero attached hydrogens (tertiary/aromatic N) is 1. The lowest BCUT2D eigenvalue weighted by Gasteiger charge is -2.10. The van der Waals surface area contributed by atoms with Crippen LogP contribution in [0.3, 0.4) is 0 Å². The molecule has 0 spiro atoms. The Kier molecular flexibility index (Phi) is 2.33. The number of aliphatic hydroxyl groups excluding tert-OH is 1. The van der Waals surface area contributed by atoms with Crippen LogP contribution in [0.5, 0.6) is 0 Å². The normalized spacial score (nSPS) is 28.2. The Morgan fingerprint density at radius 2 is 2.46 bits per heavy atom. The molecule has 0 bridgehead atoms. The Hall–Kier alpha value is -0.870. The Bertz CT molecular complexity index is 284. The molecule has 0 unspecified atom stereocenters. The van der Waals surface area contributed by atoms with E-state index in [0.717, 1.165) is 24.4 Å². The number of H-pyrrole nitrogens is 1. The Balaban J connectivity index is 1.97. The minimum Gasteiger partial charge on any atom is -0.391 e. The summed E-state index contributed by atoms with van der Waals surface area (Å²) in [6.45, 7) is 3.60. The van der Waals surface area contributed by atoms with Crippen molar-refractivity contribution in [2.45, 2.75) is 19.4 Å². The number of hydrogen-bond donors (Lipinski definition) is 3. The fraction of sp³-hybridized carbons (Fsp3) is 0.667. The van der Waals surface area contributed by atoms with Gasteiger partial charge in [-0.1, -0.05) is 0 Å². The van der Waals surface area contributed by atoms with Crippen LogP contribution in [0, 0.1) is 12.8 Å². The van der Waals surface area contributed by atoms with Gasteiger partial charge in [0.15, 0.2) is 0 Å². The molecule has 0 aliphatic carbocycles. The molecule has 2 rings (SSSR count). The van der Waals surface area contributed by atoms with Gasteiger partial charge in [0, 0.05) is 24.7 Å². The van der Waals surface area contributed by atoms with E-state index in [1.54, 1.807) is 0 Å². The van der Waals surface area contributed by atoms with Gasteiger partial charge >= 0.3 is 0 Å². The second-order valence-electron chi connectivity index (χ2n) is 3.73. The van der Waals surface area contributed by atoms with Crippen LogP contribution in [-0.4, -0.2) is 34.5 Å². The van der Waals surface area contributed by atoms with E-state index in [1.165, 1.54) is 0 Å². The number of nitrogens with one attached hydrogen (secondary N) is 2. The van der Waals surface area contributed by atoms with Crippen molar-refractivity contribution in [1.82, 2.24) is 15.5 Å². The molecule has 13 heavy (non-hydrogen) atoms. The van der Waals surface area contributed by atoms with E-state index >= 15 is 0 Å². The van der Waals surface area contributed by atoms with Gasteiger partial charge in [-0.05, 0) is 19.4 Å². The summed E-state index contributed by atoms with van der Waals surface area (Å²) in [4.78, 5) is 0. The van der Waals surface area contributed by atoms with Gasteiger partial charge in [-0.2, -0.15) is 5.10 Å². The van der Waals surface area contributed by atoms with E-state index in [9.17, 15) is 5.11 Å². The van der Waals surface area contributed by atoms with Gasteiger partial charge < -0.3 is 10.4 Å². The van der Waals surface area contributed by atoms with Crippen molar-refractivity contribution in [3.63, 3.8) is 0 Å². The van der Waals surface area contributed by atoms with Gasteiger partial charge in [0.1, 0.15) is 0 Å². The van der Waals surface area contributed by atoms with Crippen LogP contribution in [0.4, 0.5) is 0 Å². The van der Waals surface area contributed by atoms with Crippen LogP contribution in [0.2, 0.25) is 0 Å². The summed E-state index contributed by atoms with van der Waals surface area (Å²) in [5.74, 6) is 0.322. The molecule has 72 valence electrons. The lowest BCUT2D eigenvalue weighted by molar-refractivity contribution is 0.147. The van der Waals surface area contributed by atoms with Crippen LogP contribution < -0.4 is 5.32 Å². The smallest absolute Gasteiger partial charge is 0.0708 e. The summed E-state index contributed by atoms with van der Waals surface area (Å²) in [7, 11) is 0. The van der Waals surface area contributed by atoms with Crippen molar-refractivity contribution in [2.24, 2.45) is 5.92 Å². The second-order valence-corrected chi connectivity index (χ2v) is 3.73. The maximum absolute atomic E-state index is 9.56. The van der Waals surface area contributed by atoms with E-state index in [2.05, 4.69) is 15.5 Å². The fourth-order valence-electron chi connectivity index (χ4n) is 1.78. The van der Waals surface area contributed by atoms with Crippen LogP contribution in [0.15, 0.2) is 6.07 Å². The first-order valence-corrected chi connectivity index (χ1v) is 4.65. The van der Waals surface area contributed by atoms with Gasteiger partial charge in [0.05, 0.1) is 11.8 Å². The number of aromatic nitrogens is 2. The molecular formula is C9H15N3O. The number of hydrogen-bond acceptors (Lipinski definition) is 3. The third-order valence-electron chi connectivity index (χ3n) is 2.53. The van der Waals surface area contributed by atoms with E-state index in [1.807, 2.05) is 13.0 Å². The fourth-order valence-corrected chi connectivity index (χ4v) is 1.78. The van der Waals surface area contributed by atoms with E-state index in [4.69, 9.17) is 0 Å². The first-order valence-electron chi connectivity index (χ1n) is 4.65. The zero-order valence-corrected chi connectivity index (χ0v) is 7.75. The van der Waals surface area contributed by atoms with Gasteiger partial charge in [-0.25, -0.2) is 0 Å². The van der Waals surface area contributed by atoms with Crippen LogP contribution in [0.1, 0.15) is 11.4 Å². The van der Waals surface area contributed by atoms with Gasteiger partial charge in [-0.3, -0.25) is 5.10 Å². The molecular weight excluding hydrogens is 166 g/mol. The van der Waals surface area contributed by atoms with Gasteiger partial charge in [0.25, 0.3) is 0 Å². The predicted molar refractivity (Wildman–Crippen MR) is 49.4 cm³/mol. The maximum atomic E-state index is 9.56. The average Bonchev–Trinajstić information content (AvgIpc) is 2.64. The first kappa shape index (κ1) is 8.72. The highest BCUT2D eigenvalue weighted by molar-refractivity contribution is 5.08. The number of aryl methyl sites for hydroxylation is 1. The highest BCUT2D eigenvalue weighted by atomic mass is 16.3. The molecule has 0 aromatic carbocycles. The molecule has 3 N–H and O–H groups in total. The maximum Gasteiger partial charge on any atom is 0.0708 e. The Morgan fingerprint density at radius 1 is 1.62 bits per heavy atom. The van der Waals surface area contributed by atoms with E-state index in [0.29, 0.717) is 12.5 Å². The molecule has 0 saturated carbocycles. The van der Waals surface area contributed by atoms with Crippen molar-refractivity contribution in [3.05, 3.63) is 17.5 Å². The van der Waals surface area contributed by atoms with Crippen molar-refractivity contribution in [2.75, 3.05) is 13.1 Å². The number of aliphatic hydroxyl groups is 1. The van der Waals surface area contributed by atoms with Gasteiger partial charge in [0.2, 0.25) is 0 Å². The highest BCUT2D eigenvalue weighted by Crippen LogP contribution is 2.14. The Labute approximate surface area is 77.4 Å². The molecule has 1 aromatic heterocycles. The predicted octanol–water partition coefficient (Wildman–Crippen LogP) is -0.159. The molecule has 1 aliphatic rings. The van der Waals surface area contributed by atoms with E-state index < -0.39 is 0 Å². The summed E-state index contributed by atoms with van der Waals surface area (Å²) in [5.41, 5.74) is 2.13. The number of β-amino-alcohol motifs (C(OH)–C–C–N with tert-alkyl or cyclic N) is 1. The first-order chi connectivity index (χ1) is 6.25. The van der Waals surface area contributed by atoms with Crippen molar-refractivity contribution in [1.29, 1.82) is 0 Å². The molecule has 2 atom stereocenters. The van der Waals surface area contributed by atoms with Crippen LogP contribution in [0.25, 0.3) is 0 Å². The second kappa shape index (κ2) is 3.47. The molecule has 0 radical (unpaired) electrons. The van der Waals surface area contributed by atoms with Crippen molar-refractivity contribution in [3.8, 4) is 0 Å². The third-order valence-corrected chi connectivity index (χ3v) is 2.53. The standard InChI is InChI=1S/C9H15N3O/c1-6-2-8(12-11-6)3-7-4-10-5-9(7)13/h2,7,9-10,13H,3-5H2,1H3,(H,11,12)/t7-,9-/m1/s1. The summed E-state index contributed by atoms with van der Waals surface area (Å²) in [6.07, 6.45) is 0.649. The summed E-state index contributed by atoms with van der Waals surface area (Å²) in [5, 5.41) is 19.8. The van der Waals surface area contributed by atoms with Crippen molar-refractivity contribution >= 4 is 0 Å². The molecule has 1 aromatic rings. The van der Waals surface area contributed by atoms with Crippen LogP contribution in [-0.2, 0) is 6.42 Å². The monoisotopic (exact) mass is 181 g/mol. The van der Waals surface area contributed by atoms with Crippen LogP contribution >= 0.6 is 0 Å². The topological polar surface area (TPSA) is 60.9 Å². The van der Waals surface area contributed by atoms with E-state index in [-0.39, 0.29) is 6.10 Å². The SMILES string of the molecule is Cc1cc(C[C@@H]2CNC[C@H]2O)n[nH]1. The third kappa shape index (κ3) is 1.89. The van der Waals surface area contributed by atoms with Crippen molar-refractivity contribution < 1.29 is 5.11 Å². The zero-order chi connectivity index (χ0) is 9.26. The summed E-state index contributed by atoms with van der Waals surface area (Å²) < 4.78 is 0. The summed E-state index contributed by atoms with van der Waals surface area (Å²) in [6, 6.07) is 2.03. The molecule has 4 heteroatoms. The molecule has 4 nitrogen and oxygen atoms in total. The zero-order valence-electron chi connectivity index (χ0n) is 7.75. The molecule has 1 fully saturated rings. The number of rotatable bonds is 2. The lowest BCUT2D eigenvalue weighted by atomic mass is 10.0. The minimum atomic E-state index is -0.211. The summed E-state index contributed by atoms with van der Waals surface area (Å²) >= 11 is 0. The molecule has 2 heterocycles. The quantitative estimate of drug-likeness (QED) is 0.594. The van der Waals surface area contributed by atoms with Gasteiger partial charge in [-0.15, -0.1) is 0 Å². The highest BCUT2D eigenvalue weighted by Gasteiger charge is 2.25. The number of aromatic amines is 1. The average molecular weight is 181 g/mol. The molecule has 1 aliphatic heterocycles. The Morgan fingerprint density at radius 3 is 3.00 bits per heavy atom.